The van der Waals surface area contributed by atoms with Gasteiger partial charge in [0.1, 0.15) is 5.60 Å². The van der Waals surface area contributed by atoms with E-state index in [1.807, 2.05) is 33.5 Å². The van der Waals surface area contributed by atoms with Gasteiger partial charge in [-0.15, -0.1) is 0 Å². The normalized spacial score (nSPS) is 16.8. The second kappa shape index (κ2) is 5.02. The average molecular weight is 262 g/mol. The van der Waals surface area contributed by atoms with Gasteiger partial charge in [-0.2, -0.15) is 0 Å². The lowest BCUT2D eigenvalue weighted by atomic mass is 10.1. The third-order valence-electron chi connectivity index (χ3n) is 2.04. The molecule has 0 bridgehead atoms. The number of hydrogen-bond donors (Lipinski definition) is 0. The van der Waals surface area contributed by atoms with Crippen LogP contribution < -0.4 is 0 Å². The molecule has 5 heteroatoms. The first-order valence-corrected chi connectivity index (χ1v) is 12.6. The predicted octanol–water partition coefficient (Wildman–Crippen LogP) is 3.38. The Morgan fingerprint density at radius 2 is 1.50 bits per heavy atom. The van der Waals surface area contributed by atoms with Gasteiger partial charge in [0.2, 0.25) is 8.32 Å². The molecule has 0 aromatic heterocycles. The third-order valence-corrected chi connectivity index (χ3v) is 3.90. The molecular weight excluding hydrogens is 236 g/mol. The van der Waals surface area contributed by atoms with Gasteiger partial charge in [0.15, 0.2) is 8.32 Å². The summed E-state index contributed by atoms with van der Waals surface area (Å²) in [6, 6.07) is 0. The maximum Gasteiger partial charge on any atom is 0.323 e. The van der Waals surface area contributed by atoms with Crippen LogP contribution in [0.2, 0.25) is 39.3 Å². The topological polar surface area (TPSA) is 35.5 Å². The van der Waals surface area contributed by atoms with Crippen LogP contribution in [0, 0.1) is 0 Å². The zero-order valence-electron chi connectivity index (χ0n) is 11.9. The summed E-state index contributed by atoms with van der Waals surface area (Å²) in [5.41, 5.74) is -0.773. The number of hydrogen-bond acceptors (Lipinski definition) is 3. The Labute approximate surface area is 102 Å². The molecule has 3 nitrogen and oxygen atoms in total. The Morgan fingerprint density at radius 1 is 1.06 bits per heavy atom. The van der Waals surface area contributed by atoms with E-state index in [0.717, 1.165) is 0 Å². The summed E-state index contributed by atoms with van der Waals surface area (Å²) in [6.07, 6.45) is 0.653. The Bertz CT molecular complexity index is 253. The quantitative estimate of drug-likeness (QED) is 0.713. The second-order valence-electron chi connectivity index (χ2n) is 6.30. The van der Waals surface area contributed by atoms with Gasteiger partial charge >= 0.3 is 5.97 Å². The first-order valence-electron chi connectivity index (χ1n) is 5.83. The van der Waals surface area contributed by atoms with Crippen molar-refractivity contribution in [1.29, 1.82) is 0 Å². The standard InChI is InChI=1S/C11H26O3Si2/c1-9-11(2,14-16(6,7)8)10(12)13-15(3,4)5/h9H2,1-8H3. The van der Waals surface area contributed by atoms with Crippen molar-refractivity contribution in [3.8, 4) is 0 Å². The Morgan fingerprint density at radius 3 is 1.75 bits per heavy atom. The fraction of sp³-hybridized carbons (Fsp3) is 0.909. The fourth-order valence-electron chi connectivity index (χ4n) is 1.32. The molecule has 0 fully saturated rings. The lowest BCUT2D eigenvalue weighted by molar-refractivity contribution is -0.152. The summed E-state index contributed by atoms with van der Waals surface area (Å²) >= 11 is 0. The fourth-order valence-corrected chi connectivity index (χ4v) is 3.67. The Kier molecular flexibility index (Phi) is 4.97. The zero-order chi connectivity index (χ0) is 13.2. The molecule has 16 heavy (non-hydrogen) atoms. The summed E-state index contributed by atoms with van der Waals surface area (Å²) in [5, 5.41) is 0. The van der Waals surface area contributed by atoms with Gasteiger partial charge in [-0.05, 0) is 52.6 Å². The summed E-state index contributed by atoms with van der Waals surface area (Å²) in [6.45, 7) is 16.1. The molecular formula is C11H26O3Si2. The van der Waals surface area contributed by atoms with Crippen molar-refractivity contribution in [3.05, 3.63) is 0 Å². The molecule has 0 heterocycles. The van der Waals surface area contributed by atoms with Crippen LogP contribution in [0.25, 0.3) is 0 Å². The van der Waals surface area contributed by atoms with Crippen LogP contribution in [-0.2, 0) is 13.6 Å². The van der Waals surface area contributed by atoms with Crippen molar-refractivity contribution in [3.63, 3.8) is 0 Å². The van der Waals surface area contributed by atoms with E-state index in [0.29, 0.717) is 6.42 Å². The molecule has 0 rings (SSSR count). The highest BCUT2D eigenvalue weighted by Gasteiger charge is 2.40. The largest absolute Gasteiger partial charge is 0.518 e. The summed E-state index contributed by atoms with van der Waals surface area (Å²) in [5.74, 6) is -0.198. The molecule has 0 spiro atoms. The predicted molar refractivity (Wildman–Crippen MR) is 72.6 cm³/mol. The van der Waals surface area contributed by atoms with E-state index < -0.39 is 22.2 Å². The highest BCUT2D eigenvalue weighted by molar-refractivity contribution is 6.71. The molecule has 0 aliphatic rings. The molecule has 1 unspecified atom stereocenters. The minimum atomic E-state index is -1.84. The van der Waals surface area contributed by atoms with Gasteiger partial charge < -0.3 is 8.85 Å². The van der Waals surface area contributed by atoms with Gasteiger partial charge in [-0.3, -0.25) is 4.79 Å². The van der Waals surface area contributed by atoms with E-state index in [-0.39, 0.29) is 5.97 Å². The van der Waals surface area contributed by atoms with E-state index in [1.54, 1.807) is 0 Å². The van der Waals surface area contributed by atoms with Crippen molar-refractivity contribution in [2.24, 2.45) is 0 Å². The van der Waals surface area contributed by atoms with E-state index in [9.17, 15) is 4.79 Å². The maximum absolute atomic E-state index is 12.1. The molecule has 0 amide bonds. The molecule has 1 atom stereocenters. The van der Waals surface area contributed by atoms with E-state index >= 15 is 0 Å². The van der Waals surface area contributed by atoms with E-state index in [4.69, 9.17) is 8.85 Å². The summed E-state index contributed by atoms with van der Waals surface area (Å²) < 4.78 is 11.5. The minimum Gasteiger partial charge on any atom is -0.518 e. The van der Waals surface area contributed by atoms with Crippen LogP contribution in [0.5, 0.6) is 0 Å². The molecule has 0 saturated carbocycles. The van der Waals surface area contributed by atoms with Crippen molar-refractivity contribution >= 4 is 22.6 Å². The van der Waals surface area contributed by atoms with Crippen LogP contribution in [-0.4, -0.2) is 28.2 Å². The van der Waals surface area contributed by atoms with Gasteiger partial charge in [0.25, 0.3) is 0 Å². The molecule has 0 aliphatic heterocycles. The van der Waals surface area contributed by atoms with Crippen molar-refractivity contribution in [2.75, 3.05) is 0 Å². The van der Waals surface area contributed by atoms with Gasteiger partial charge in [-0.1, -0.05) is 6.92 Å². The van der Waals surface area contributed by atoms with Crippen LogP contribution in [0.3, 0.4) is 0 Å². The van der Waals surface area contributed by atoms with Crippen molar-refractivity contribution in [2.45, 2.75) is 65.2 Å². The number of rotatable bonds is 5. The number of carbonyl (C=O) groups is 1. The van der Waals surface area contributed by atoms with Crippen LogP contribution in [0.15, 0.2) is 0 Å². The minimum absolute atomic E-state index is 0.198. The first kappa shape index (κ1) is 15.9. The highest BCUT2D eigenvalue weighted by atomic mass is 28.4. The van der Waals surface area contributed by atoms with Crippen LogP contribution in [0.4, 0.5) is 0 Å². The van der Waals surface area contributed by atoms with E-state index in [2.05, 4.69) is 19.6 Å². The average Bonchev–Trinajstić information content (AvgIpc) is 1.97. The van der Waals surface area contributed by atoms with Crippen molar-refractivity contribution in [1.82, 2.24) is 0 Å². The molecule has 0 N–H and O–H groups in total. The third kappa shape index (κ3) is 5.81. The smallest absolute Gasteiger partial charge is 0.323 e. The molecule has 0 aromatic rings. The second-order valence-corrected chi connectivity index (χ2v) is 15.2. The lowest BCUT2D eigenvalue weighted by Gasteiger charge is -2.35. The Balaban J connectivity index is 4.77. The number of carbonyl (C=O) groups excluding carboxylic acids is 1. The summed E-state index contributed by atoms with van der Waals surface area (Å²) in [7, 11) is -3.57. The van der Waals surface area contributed by atoms with Gasteiger partial charge in [0.05, 0.1) is 0 Å². The SMILES string of the molecule is CCC(C)(O[Si](C)(C)C)C(=O)O[Si](C)(C)C. The summed E-state index contributed by atoms with van der Waals surface area (Å²) in [4.78, 5) is 12.1. The first-order chi connectivity index (χ1) is 6.90. The Hall–Kier alpha value is -0.136. The maximum atomic E-state index is 12.1. The molecule has 0 radical (unpaired) electrons. The highest BCUT2D eigenvalue weighted by Crippen LogP contribution is 2.24. The molecule has 0 aliphatic carbocycles. The van der Waals surface area contributed by atoms with Crippen molar-refractivity contribution < 1.29 is 13.6 Å². The zero-order valence-corrected chi connectivity index (χ0v) is 13.9. The molecule has 0 aromatic carbocycles. The van der Waals surface area contributed by atoms with Gasteiger partial charge in [-0.25, -0.2) is 0 Å². The van der Waals surface area contributed by atoms with Crippen LogP contribution in [0.1, 0.15) is 20.3 Å². The lowest BCUT2D eigenvalue weighted by Crippen LogP contribution is -2.49. The molecule has 0 saturated heterocycles. The molecule has 96 valence electrons. The van der Waals surface area contributed by atoms with E-state index in [1.165, 1.54) is 0 Å². The van der Waals surface area contributed by atoms with Gasteiger partial charge in [0, 0.05) is 0 Å². The van der Waals surface area contributed by atoms with Crippen LogP contribution >= 0.6 is 0 Å². The monoisotopic (exact) mass is 262 g/mol.